The van der Waals surface area contributed by atoms with Crippen LogP contribution in [0.3, 0.4) is 0 Å². The summed E-state index contributed by atoms with van der Waals surface area (Å²) in [6.07, 6.45) is 0.761. The van der Waals surface area contributed by atoms with Gasteiger partial charge in [-0.15, -0.1) is 0 Å². The first-order chi connectivity index (χ1) is 16.7. The Morgan fingerprint density at radius 1 is 1.06 bits per heavy atom. The Labute approximate surface area is 205 Å². The van der Waals surface area contributed by atoms with Crippen LogP contribution in [0.4, 0.5) is 13.2 Å². The van der Waals surface area contributed by atoms with E-state index in [0.29, 0.717) is 61.8 Å². The first kappa shape index (κ1) is 26.8. The van der Waals surface area contributed by atoms with Crippen LogP contribution in [0, 0.1) is 0 Å². The van der Waals surface area contributed by atoms with Crippen molar-refractivity contribution in [1.82, 2.24) is 4.57 Å². The molecule has 0 aliphatic rings. The Bertz CT molecular complexity index is 1260. The van der Waals surface area contributed by atoms with Gasteiger partial charge in [-0.2, -0.15) is 13.2 Å². The van der Waals surface area contributed by atoms with Gasteiger partial charge in [0, 0.05) is 23.6 Å². The average Bonchev–Trinajstić information content (AvgIpc) is 3.11. The lowest BCUT2D eigenvalue weighted by molar-refractivity contribution is -0.136. The van der Waals surface area contributed by atoms with Gasteiger partial charge in [0.2, 0.25) is 5.88 Å². The summed E-state index contributed by atoms with van der Waals surface area (Å²) in [4.78, 5) is 23.4. The number of alkyl halides is 3. The second-order valence-electron chi connectivity index (χ2n) is 8.47. The first-order valence-electron chi connectivity index (χ1n) is 11.9. The molecule has 0 saturated carbocycles. The second kappa shape index (κ2) is 11.8. The molecule has 1 N–H and O–H groups in total. The number of rotatable bonds is 12. The smallest absolute Gasteiger partial charge is 0.417 e. The molecule has 10 heteroatoms. The highest BCUT2D eigenvalue weighted by Crippen LogP contribution is 2.40. The second-order valence-corrected chi connectivity index (χ2v) is 9.29. The monoisotopic (exact) mass is 513 g/mol. The minimum absolute atomic E-state index is 0.0214. The van der Waals surface area contributed by atoms with Crippen molar-refractivity contribution in [2.24, 2.45) is 0 Å². The molecule has 2 aromatic heterocycles. The van der Waals surface area contributed by atoms with E-state index in [2.05, 4.69) is 0 Å². The molecule has 35 heavy (non-hydrogen) atoms. The van der Waals surface area contributed by atoms with Crippen LogP contribution >= 0.6 is 11.3 Å². The summed E-state index contributed by atoms with van der Waals surface area (Å²) in [5.41, 5.74) is -0.894. The number of aryl methyl sites for hydroxylation is 2. The van der Waals surface area contributed by atoms with Gasteiger partial charge in [0.05, 0.1) is 17.6 Å². The Kier molecular flexibility index (Phi) is 9.04. The number of benzene rings is 1. The maximum absolute atomic E-state index is 13.7. The molecule has 0 bridgehead atoms. The van der Waals surface area contributed by atoms with Crippen molar-refractivity contribution in [2.75, 3.05) is 6.61 Å². The van der Waals surface area contributed by atoms with Crippen LogP contribution in [-0.2, 0) is 25.6 Å². The molecule has 1 aromatic carbocycles. The summed E-state index contributed by atoms with van der Waals surface area (Å²) in [7, 11) is 0. The third-order valence-electron chi connectivity index (χ3n) is 5.77. The van der Waals surface area contributed by atoms with Gasteiger partial charge in [0.15, 0.2) is 0 Å². The number of thiazole rings is 1. The van der Waals surface area contributed by atoms with E-state index < -0.39 is 17.4 Å². The fourth-order valence-electron chi connectivity index (χ4n) is 4.18. The number of fused-ring (bicyclic) bond motifs is 1. The third kappa shape index (κ3) is 6.48. The molecule has 0 saturated heterocycles. The molecule has 0 amide bonds. The number of unbranched alkanes of at least 4 members (excludes halogenated alkanes) is 3. The fraction of sp³-hybridized carbons (Fsp3) is 0.520. The van der Waals surface area contributed by atoms with E-state index in [1.54, 1.807) is 0 Å². The number of nitrogens with zero attached hydrogens (tertiary/aromatic N) is 1. The minimum atomic E-state index is -4.67. The Morgan fingerprint density at radius 3 is 2.40 bits per heavy atom. The molecule has 0 spiro atoms. The van der Waals surface area contributed by atoms with E-state index in [1.165, 1.54) is 16.0 Å². The predicted octanol–water partition coefficient (Wildman–Crippen LogP) is 6.29. The van der Waals surface area contributed by atoms with Crippen molar-refractivity contribution >= 4 is 22.3 Å². The van der Waals surface area contributed by atoms with Gasteiger partial charge in [-0.3, -0.25) is 9.36 Å². The number of halogens is 3. The molecular weight excluding hydrogens is 483 g/mol. The molecular formula is C25H30F3NO5S. The largest absolute Gasteiger partial charge is 0.494 e. The maximum atomic E-state index is 13.7. The summed E-state index contributed by atoms with van der Waals surface area (Å²) in [5.74, 6) is 0.491. The molecule has 6 nitrogen and oxygen atoms in total. The van der Waals surface area contributed by atoms with Crippen molar-refractivity contribution < 1.29 is 27.4 Å². The Balaban J connectivity index is 1.77. The number of aromatic nitrogens is 1. The van der Waals surface area contributed by atoms with Gasteiger partial charge < -0.3 is 14.3 Å². The number of aromatic hydroxyl groups is 1. The maximum Gasteiger partial charge on any atom is 0.417 e. The highest BCUT2D eigenvalue weighted by Gasteiger charge is 2.35. The standard InChI is InChI=1S/C25H30F3NO5S/c1-3-9-16-13-18-19(25(26,27)28)14-21(31)34-23(18)17(10-4-2)22(16)33-12-8-6-5-7-11-29-20(30)15-35-24(29)32/h13-15,30H,3-12H2,1-2H3. The SMILES string of the molecule is CCCc1cc2c(C(F)(F)F)cc(=O)oc2c(CCC)c1OCCCCCCn1c(O)csc1=O. The molecule has 0 aliphatic heterocycles. The van der Waals surface area contributed by atoms with E-state index in [-0.39, 0.29) is 21.7 Å². The van der Waals surface area contributed by atoms with Gasteiger partial charge in [-0.05, 0) is 37.3 Å². The molecule has 0 fully saturated rings. The van der Waals surface area contributed by atoms with Crippen LogP contribution in [0.5, 0.6) is 11.6 Å². The van der Waals surface area contributed by atoms with Crippen molar-refractivity contribution in [3.8, 4) is 11.6 Å². The van der Waals surface area contributed by atoms with Crippen molar-refractivity contribution in [1.29, 1.82) is 0 Å². The topological polar surface area (TPSA) is 81.7 Å². The molecule has 192 valence electrons. The van der Waals surface area contributed by atoms with Crippen LogP contribution < -0.4 is 15.2 Å². The number of ether oxygens (including phenoxy) is 1. The third-order valence-corrected chi connectivity index (χ3v) is 6.52. The summed E-state index contributed by atoms with van der Waals surface area (Å²) < 4.78 is 53.7. The van der Waals surface area contributed by atoms with Gasteiger partial charge in [-0.25, -0.2) is 4.79 Å². The molecule has 2 heterocycles. The van der Waals surface area contributed by atoms with Crippen LogP contribution in [0.15, 0.2) is 31.5 Å². The summed E-state index contributed by atoms with van der Waals surface area (Å²) in [6.45, 7) is 4.66. The van der Waals surface area contributed by atoms with Gasteiger partial charge in [0.1, 0.15) is 11.3 Å². The summed E-state index contributed by atoms with van der Waals surface area (Å²) in [6, 6.07) is 1.96. The van der Waals surface area contributed by atoms with Crippen LogP contribution in [0.1, 0.15) is 69.1 Å². The molecule has 0 aliphatic carbocycles. The lowest BCUT2D eigenvalue weighted by Gasteiger charge is -2.19. The Morgan fingerprint density at radius 2 is 1.77 bits per heavy atom. The summed E-state index contributed by atoms with van der Waals surface area (Å²) in [5, 5.41) is 11.0. The van der Waals surface area contributed by atoms with Crippen molar-refractivity contribution in [3.63, 3.8) is 0 Å². The zero-order chi connectivity index (χ0) is 25.6. The first-order valence-corrected chi connectivity index (χ1v) is 12.7. The van der Waals surface area contributed by atoms with E-state index in [1.807, 2.05) is 13.8 Å². The van der Waals surface area contributed by atoms with E-state index in [0.717, 1.165) is 37.0 Å². The zero-order valence-electron chi connectivity index (χ0n) is 19.9. The number of hydrogen-bond acceptors (Lipinski definition) is 6. The van der Waals surface area contributed by atoms with E-state index >= 15 is 0 Å². The summed E-state index contributed by atoms with van der Waals surface area (Å²) >= 11 is 0.963. The fourth-order valence-corrected chi connectivity index (χ4v) is 4.83. The van der Waals surface area contributed by atoms with Gasteiger partial charge in [-0.1, -0.05) is 50.9 Å². The van der Waals surface area contributed by atoms with E-state index in [4.69, 9.17) is 9.15 Å². The van der Waals surface area contributed by atoms with Crippen LogP contribution in [0.25, 0.3) is 11.0 Å². The van der Waals surface area contributed by atoms with Gasteiger partial charge in [0.25, 0.3) is 0 Å². The van der Waals surface area contributed by atoms with Crippen molar-refractivity contribution in [3.05, 3.63) is 54.3 Å². The van der Waals surface area contributed by atoms with Crippen LogP contribution in [-0.4, -0.2) is 16.3 Å². The molecule has 0 radical (unpaired) electrons. The number of hydrogen-bond donors (Lipinski definition) is 1. The molecule has 3 rings (SSSR count). The van der Waals surface area contributed by atoms with Crippen molar-refractivity contribution in [2.45, 2.75) is 77.9 Å². The minimum Gasteiger partial charge on any atom is -0.494 e. The zero-order valence-corrected chi connectivity index (χ0v) is 20.7. The predicted molar refractivity (Wildman–Crippen MR) is 130 cm³/mol. The van der Waals surface area contributed by atoms with Gasteiger partial charge >= 0.3 is 16.7 Å². The molecule has 0 atom stereocenters. The quantitative estimate of drug-likeness (QED) is 0.228. The highest BCUT2D eigenvalue weighted by molar-refractivity contribution is 7.07. The normalized spacial score (nSPS) is 11.9. The average molecular weight is 514 g/mol. The van der Waals surface area contributed by atoms with Crippen LogP contribution in [0.2, 0.25) is 0 Å². The molecule has 0 unspecified atom stereocenters. The molecule has 3 aromatic rings. The lowest BCUT2D eigenvalue weighted by atomic mass is 9.96. The lowest BCUT2D eigenvalue weighted by Crippen LogP contribution is -2.13. The Hall–Kier alpha value is -2.75. The van der Waals surface area contributed by atoms with E-state index in [9.17, 15) is 27.9 Å². The highest BCUT2D eigenvalue weighted by atomic mass is 32.1.